The first-order valence-corrected chi connectivity index (χ1v) is 9.27. The summed E-state index contributed by atoms with van der Waals surface area (Å²) in [7, 11) is 0. The zero-order valence-corrected chi connectivity index (χ0v) is 16.4. The monoisotopic (exact) mass is 389 g/mol. The van der Waals surface area contributed by atoms with Gasteiger partial charge >= 0.3 is 0 Å². The van der Waals surface area contributed by atoms with Crippen molar-refractivity contribution in [2.75, 3.05) is 0 Å². The Bertz CT molecular complexity index is 1140. The van der Waals surface area contributed by atoms with Crippen molar-refractivity contribution < 1.29 is 13.5 Å². The highest BCUT2D eigenvalue weighted by atomic mass is 19.1. The molecule has 146 valence electrons. The minimum atomic E-state index is -0.301. The fourth-order valence-electron chi connectivity index (χ4n) is 2.87. The van der Waals surface area contributed by atoms with E-state index in [1.165, 1.54) is 12.1 Å². The molecule has 0 unspecified atom stereocenters. The van der Waals surface area contributed by atoms with E-state index in [1.54, 1.807) is 12.1 Å². The molecular weight excluding hydrogens is 369 g/mol. The Kier molecular flexibility index (Phi) is 5.08. The van der Waals surface area contributed by atoms with Gasteiger partial charge in [0.15, 0.2) is 5.82 Å². The third-order valence-electron chi connectivity index (χ3n) is 4.71. The molecule has 29 heavy (non-hydrogen) atoms. The molecule has 6 heteroatoms. The van der Waals surface area contributed by atoms with Crippen LogP contribution < -0.4 is 4.74 Å². The van der Waals surface area contributed by atoms with Crippen LogP contribution in [0.1, 0.15) is 22.7 Å². The first-order chi connectivity index (χ1) is 14.0. The van der Waals surface area contributed by atoms with Crippen LogP contribution in [0.5, 0.6) is 5.88 Å². The molecule has 0 spiro atoms. The first kappa shape index (κ1) is 18.8. The lowest BCUT2D eigenvalue weighted by Gasteiger charge is -2.11. The van der Waals surface area contributed by atoms with Gasteiger partial charge in [-0.05, 0) is 57.2 Å². The maximum atomic E-state index is 13.2. The molecule has 0 atom stereocenters. The van der Waals surface area contributed by atoms with Gasteiger partial charge in [-0.3, -0.25) is 0 Å². The summed E-state index contributed by atoms with van der Waals surface area (Å²) in [6.07, 6.45) is 0. The number of aromatic nitrogens is 3. The highest BCUT2D eigenvalue weighted by Crippen LogP contribution is 2.26. The number of nitrogens with zero attached hydrogens (tertiary/aromatic N) is 3. The predicted molar refractivity (Wildman–Crippen MR) is 108 cm³/mol. The van der Waals surface area contributed by atoms with Gasteiger partial charge < -0.3 is 9.15 Å². The lowest BCUT2D eigenvalue weighted by Crippen LogP contribution is -2.05. The van der Waals surface area contributed by atoms with Crippen LogP contribution in [0.4, 0.5) is 4.39 Å². The fourth-order valence-corrected chi connectivity index (χ4v) is 2.87. The minimum Gasteiger partial charge on any atom is -0.471 e. The van der Waals surface area contributed by atoms with E-state index in [2.05, 4.69) is 15.0 Å². The SMILES string of the molecule is Cc1nc(-c2ccc(F)cc2)nc(OCc2nc(-c3ccccc3)oc2C)c1C. The quantitative estimate of drug-likeness (QED) is 0.455. The fraction of sp³-hybridized carbons (Fsp3) is 0.174. The molecule has 0 saturated carbocycles. The van der Waals surface area contributed by atoms with Gasteiger partial charge in [0.2, 0.25) is 11.8 Å². The van der Waals surface area contributed by atoms with Crippen LogP contribution in [0.25, 0.3) is 22.8 Å². The molecule has 5 nitrogen and oxygen atoms in total. The van der Waals surface area contributed by atoms with E-state index in [1.807, 2.05) is 51.1 Å². The van der Waals surface area contributed by atoms with Crippen LogP contribution in [0.15, 0.2) is 59.0 Å². The number of halogens is 1. The number of benzene rings is 2. The third kappa shape index (κ3) is 4.01. The van der Waals surface area contributed by atoms with E-state index < -0.39 is 0 Å². The van der Waals surface area contributed by atoms with Crippen molar-refractivity contribution in [1.82, 2.24) is 15.0 Å². The van der Waals surface area contributed by atoms with Crippen LogP contribution in [0, 0.1) is 26.6 Å². The van der Waals surface area contributed by atoms with Crippen molar-refractivity contribution in [3.8, 4) is 28.7 Å². The third-order valence-corrected chi connectivity index (χ3v) is 4.71. The van der Waals surface area contributed by atoms with Crippen LogP contribution in [0.3, 0.4) is 0 Å². The molecule has 0 aliphatic rings. The van der Waals surface area contributed by atoms with Gasteiger partial charge in [0.1, 0.15) is 23.9 Å². The predicted octanol–water partition coefficient (Wildman–Crippen LogP) is 5.44. The van der Waals surface area contributed by atoms with E-state index in [4.69, 9.17) is 9.15 Å². The summed E-state index contributed by atoms with van der Waals surface area (Å²) in [5.41, 5.74) is 4.00. The molecule has 0 fully saturated rings. The Morgan fingerprint density at radius 2 is 1.59 bits per heavy atom. The molecule has 4 rings (SSSR count). The number of aryl methyl sites for hydroxylation is 2. The Hall–Kier alpha value is -3.54. The lowest BCUT2D eigenvalue weighted by atomic mass is 10.2. The summed E-state index contributed by atoms with van der Waals surface area (Å²) >= 11 is 0. The van der Waals surface area contributed by atoms with Crippen molar-refractivity contribution >= 4 is 0 Å². The smallest absolute Gasteiger partial charge is 0.226 e. The van der Waals surface area contributed by atoms with Gasteiger partial charge in [-0.25, -0.2) is 14.4 Å². The Morgan fingerprint density at radius 1 is 0.862 bits per heavy atom. The largest absolute Gasteiger partial charge is 0.471 e. The molecule has 0 aliphatic heterocycles. The molecule has 2 aromatic heterocycles. The summed E-state index contributed by atoms with van der Waals surface area (Å²) in [5, 5.41) is 0. The molecule has 2 aromatic carbocycles. The Morgan fingerprint density at radius 3 is 2.31 bits per heavy atom. The molecule has 4 aromatic rings. The van der Waals surface area contributed by atoms with Crippen LogP contribution in [0.2, 0.25) is 0 Å². The van der Waals surface area contributed by atoms with Gasteiger partial charge in [-0.15, -0.1) is 0 Å². The number of hydrogen-bond acceptors (Lipinski definition) is 5. The van der Waals surface area contributed by atoms with Crippen molar-refractivity contribution in [2.45, 2.75) is 27.4 Å². The van der Waals surface area contributed by atoms with Gasteiger partial charge in [0, 0.05) is 22.4 Å². The van der Waals surface area contributed by atoms with Crippen LogP contribution in [-0.4, -0.2) is 15.0 Å². The molecule has 0 radical (unpaired) electrons. The highest BCUT2D eigenvalue weighted by Gasteiger charge is 2.15. The van der Waals surface area contributed by atoms with Gasteiger partial charge in [-0.2, -0.15) is 4.98 Å². The number of hydrogen-bond donors (Lipinski definition) is 0. The van der Waals surface area contributed by atoms with E-state index in [-0.39, 0.29) is 12.4 Å². The number of oxazole rings is 1. The van der Waals surface area contributed by atoms with E-state index in [0.29, 0.717) is 29.0 Å². The highest BCUT2D eigenvalue weighted by molar-refractivity contribution is 5.56. The standard InChI is InChI=1S/C23H20FN3O2/c1-14-15(2)25-21(17-9-11-19(24)12-10-17)27-22(14)28-13-20-16(3)29-23(26-20)18-7-5-4-6-8-18/h4-12H,13H2,1-3H3. The van der Waals surface area contributed by atoms with Crippen LogP contribution in [-0.2, 0) is 6.61 Å². The summed E-state index contributed by atoms with van der Waals surface area (Å²) in [6, 6.07) is 15.8. The average molecular weight is 389 g/mol. The van der Waals surface area contributed by atoms with E-state index >= 15 is 0 Å². The van der Waals surface area contributed by atoms with E-state index in [9.17, 15) is 4.39 Å². The van der Waals surface area contributed by atoms with Crippen molar-refractivity contribution in [3.63, 3.8) is 0 Å². The summed E-state index contributed by atoms with van der Waals surface area (Å²) in [5.74, 6) is 1.92. The molecular formula is C23H20FN3O2. The second kappa shape index (κ2) is 7.83. The zero-order valence-electron chi connectivity index (χ0n) is 16.4. The molecule has 0 N–H and O–H groups in total. The molecule has 0 aliphatic carbocycles. The van der Waals surface area contributed by atoms with Crippen molar-refractivity contribution in [2.24, 2.45) is 0 Å². The van der Waals surface area contributed by atoms with Crippen molar-refractivity contribution in [3.05, 3.63) is 83.1 Å². The van der Waals surface area contributed by atoms with E-state index in [0.717, 1.165) is 22.4 Å². The Balaban J connectivity index is 1.59. The molecule has 0 bridgehead atoms. The zero-order chi connectivity index (χ0) is 20.4. The molecule has 0 amide bonds. The topological polar surface area (TPSA) is 61.0 Å². The average Bonchev–Trinajstić information content (AvgIpc) is 3.11. The second-order valence-electron chi connectivity index (χ2n) is 6.75. The summed E-state index contributed by atoms with van der Waals surface area (Å²) in [6.45, 7) is 5.89. The van der Waals surface area contributed by atoms with Crippen molar-refractivity contribution in [1.29, 1.82) is 0 Å². The molecule has 2 heterocycles. The summed E-state index contributed by atoms with van der Waals surface area (Å²) in [4.78, 5) is 13.6. The molecule has 0 saturated heterocycles. The number of rotatable bonds is 5. The van der Waals surface area contributed by atoms with Crippen LogP contribution >= 0.6 is 0 Å². The van der Waals surface area contributed by atoms with Gasteiger partial charge in [-0.1, -0.05) is 18.2 Å². The van der Waals surface area contributed by atoms with Gasteiger partial charge in [0.25, 0.3) is 0 Å². The number of ether oxygens (including phenoxy) is 1. The normalized spacial score (nSPS) is 10.9. The maximum Gasteiger partial charge on any atom is 0.226 e. The first-order valence-electron chi connectivity index (χ1n) is 9.27. The minimum absolute atomic E-state index is 0.225. The Labute approximate surface area is 168 Å². The summed E-state index contributed by atoms with van der Waals surface area (Å²) < 4.78 is 25.0. The second-order valence-corrected chi connectivity index (χ2v) is 6.75. The lowest BCUT2D eigenvalue weighted by molar-refractivity contribution is 0.285. The van der Waals surface area contributed by atoms with Gasteiger partial charge in [0.05, 0.1) is 0 Å². The maximum absolute atomic E-state index is 13.2.